The van der Waals surface area contributed by atoms with Crippen LogP contribution in [0.5, 0.6) is 0 Å². The van der Waals surface area contributed by atoms with Gasteiger partial charge in [0, 0.05) is 29.4 Å². The molecule has 3 aromatic heterocycles. The first kappa shape index (κ1) is 28.9. The Morgan fingerprint density at radius 3 is 2.52 bits per heavy atom. The minimum atomic E-state index is -0.486. The van der Waals surface area contributed by atoms with E-state index in [9.17, 15) is 4.79 Å². The van der Waals surface area contributed by atoms with Crippen LogP contribution >= 0.6 is 0 Å². The number of para-hydroxylation sites is 2. The van der Waals surface area contributed by atoms with Crippen LogP contribution in [-0.4, -0.2) is 53.8 Å². The van der Waals surface area contributed by atoms with Crippen molar-refractivity contribution < 1.29 is 9.42 Å². The highest BCUT2D eigenvalue weighted by atomic mass is 16.6. The second-order valence-corrected chi connectivity index (χ2v) is 14.0. The summed E-state index contributed by atoms with van der Waals surface area (Å²) < 4.78 is 8.24. The molecule has 0 saturated heterocycles. The Morgan fingerprint density at radius 2 is 1.77 bits per heavy atom. The SMILES string of the molecule is Nc1nonc1-n1nnc(C(=O)N/N=C/c2cn(-c3ccccc3)nc2C23CC4CC(CC(C4)C2)C3)c1CN1CCCc2ccccc21. The van der Waals surface area contributed by atoms with Crippen LogP contribution in [0.1, 0.15) is 77.9 Å². The van der Waals surface area contributed by atoms with Gasteiger partial charge in [-0.05, 0) is 103 Å². The van der Waals surface area contributed by atoms with Gasteiger partial charge in [-0.15, -0.1) is 5.10 Å². The number of rotatable bonds is 8. The Morgan fingerprint density at radius 1 is 1.02 bits per heavy atom. The van der Waals surface area contributed by atoms with Crippen LogP contribution in [0.3, 0.4) is 0 Å². The molecule has 4 saturated carbocycles. The highest BCUT2D eigenvalue weighted by Gasteiger charge is 2.53. The number of aromatic nitrogens is 7. The first-order chi connectivity index (χ1) is 23.5. The van der Waals surface area contributed by atoms with Gasteiger partial charge in [0.2, 0.25) is 11.6 Å². The van der Waals surface area contributed by atoms with E-state index in [1.165, 1.54) is 48.8 Å². The predicted octanol–water partition coefficient (Wildman–Crippen LogP) is 4.60. The molecule has 0 radical (unpaired) electrons. The van der Waals surface area contributed by atoms with E-state index in [0.29, 0.717) is 12.2 Å². The van der Waals surface area contributed by atoms with Gasteiger partial charge in [0.25, 0.3) is 5.91 Å². The lowest BCUT2D eigenvalue weighted by molar-refractivity contribution is -0.00739. The van der Waals surface area contributed by atoms with Crippen LogP contribution in [0.4, 0.5) is 11.5 Å². The lowest BCUT2D eigenvalue weighted by atomic mass is 9.48. The molecule has 4 heterocycles. The minimum Gasteiger partial charge on any atom is -0.378 e. The summed E-state index contributed by atoms with van der Waals surface area (Å²) in [7, 11) is 0. The Balaban J connectivity index is 1.03. The molecule has 1 aliphatic heterocycles. The summed E-state index contributed by atoms with van der Waals surface area (Å²) in [5.41, 5.74) is 14.8. The molecule has 3 N–H and O–H groups in total. The summed E-state index contributed by atoms with van der Waals surface area (Å²) in [6.07, 6.45) is 13.3. The van der Waals surface area contributed by atoms with E-state index in [2.05, 4.69) is 60.3 Å². The first-order valence-corrected chi connectivity index (χ1v) is 16.9. The molecule has 5 aromatic rings. The van der Waals surface area contributed by atoms with E-state index in [-0.39, 0.29) is 22.7 Å². The molecular weight excluding hydrogens is 606 g/mol. The van der Waals surface area contributed by atoms with Crippen LogP contribution in [0, 0.1) is 17.8 Å². The van der Waals surface area contributed by atoms with Crippen molar-refractivity contribution in [2.75, 3.05) is 17.2 Å². The number of carbonyl (C=O) groups excluding carboxylic acids is 1. The van der Waals surface area contributed by atoms with Gasteiger partial charge in [-0.1, -0.05) is 41.6 Å². The predicted molar refractivity (Wildman–Crippen MR) is 178 cm³/mol. The van der Waals surface area contributed by atoms with Gasteiger partial charge in [0.1, 0.15) is 0 Å². The zero-order valence-electron chi connectivity index (χ0n) is 26.6. The molecule has 0 unspecified atom stereocenters. The van der Waals surface area contributed by atoms with Gasteiger partial charge in [0.15, 0.2) is 5.69 Å². The molecule has 10 rings (SSSR count). The number of aryl methyl sites for hydroxylation is 1. The quantitative estimate of drug-likeness (QED) is 0.182. The number of hydrazone groups is 1. The van der Waals surface area contributed by atoms with Gasteiger partial charge in [0.05, 0.1) is 29.8 Å². The zero-order chi connectivity index (χ0) is 32.2. The number of nitrogens with two attached hydrogens (primary N) is 1. The zero-order valence-corrected chi connectivity index (χ0v) is 26.6. The topological polar surface area (TPSA) is 158 Å². The summed E-state index contributed by atoms with van der Waals surface area (Å²) in [4.78, 5) is 16.0. The molecule has 48 heavy (non-hydrogen) atoms. The van der Waals surface area contributed by atoms with Crippen molar-refractivity contribution in [1.82, 2.24) is 40.5 Å². The number of hydrogen-bond donors (Lipinski definition) is 2. The highest BCUT2D eigenvalue weighted by Crippen LogP contribution is 2.60. The average molecular weight is 644 g/mol. The molecule has 244 valence electrons. The molecule has 4 aliphatic carbocycles. The van der Waals surface area contributed by atoms with Crippen molar-refractivity contribution in [2.24, 2.45) is 22.9 Å². The number of nitrogens with zero attached hydrogens (tertiary/aromatic N) is 9. The van der Waals surface area contributed by atoms with Gasteiger partial charge < -0.3 is 10.6 Å². The lowest BCUT2D eigenvalue weighted by Gasteiger charge is -2.56. The molecule has 13 nitrogen and oxygen atoms in total. The van der Waals surface area contributed by atoms with E-state index < -0.39 is 5.91 Å². The monoisotopic (exact) mass is 643 g/mol. The maximum atomic E-state index is 13.8. The molecule has 0 atom stereocenters. The summed E-state index contributed by atoms with van der Waals surface area (Å²) in [6, 6.07) is 18.5. The standard InChI is InChI=1S/C35H37N11O2/c36-32-33(42-48-41-32)46-29(21-44-12-6-8-25-7-4-5-11-28(25)44)30(38-43-46)34(47)39-37-19-26-20-45(27-9-2-1-3-10-27)40-31(26)35-16-22-13-23(17-35)15-24(14-22)18-35/h1-5,7,9-11,19-20,22-24H,6,8,12-18,21H2,(H2,36,41)(H,39,47)/b37-19+. The Kier molecular flexibility index (Phi) is 6.87. The van der Waals surface area contributed by atoms with E-state index >= 15 is 0 Å². The fourth-order valence-electron chi connectivity index (χ4n) is 9.31. The average Bonchev–Trinajstić information content (AvgIpc) is 3.83. The first-order valence-electron chi connectivity index (χ1n) is 16.9. The number of nitrogens with one attached hydrogen (secondary N) is 1. The summed E-state index contributed by atoms with van der Waals surface area (Å²) in [5, 5.41) is 25.9. The fraction of sp³-hybridized carbons (Fsp3) is 0.400. The third-order valence-electron chi connectivity index (χ3n) is 10.9. The van der Waals surface area contributed by atoms with Crippen molar-refractivity contribution in [2.45, 2.75) is 63.3 Å². The van der Waals surface area contributed by atoms with Crippen molar-refractivity contribution in [3.8, 4) is 11.5 Å². The summed E-state index contributed by atoms with van der Waals surface area (Å²) in [5.74, 6) is 2.05. The van der Waals surface area contributed by atoms with Crippen LogP contribution in [-0.2, 0) is 18.4 Å². The number of benzene rings is 2. The molecule has 5 aliphatic rings. The van der Waals surface area contributed by atoms with Crippen molar-refractivity contribution in [3.63, 3.8) is 0 Å². The molecule has 4 fully saturated rings. The van der Waals surface area contributed by atoms with Crippen molar-refractivity contribution in [1.29, 1.82) is 0 Å². The van der Waals surface area contributed by atoms with Gasteiger partial charge in [-0.25, -0.2) is 14.7 Å². The van der Waals surface area contributed by atoms with Crippen LogP contribution in [0.25, 0.3) is 11.5 Å². The van der Waals surface area contributed by atoms with E-state index in [4.69, 9.17) is 15.5 Å². The smallest absolute Gasteiger partial charge is 0.293 e. The third kappa shape index (κ3) is 4.95. The largest absolute Gasteiger partial charge is 0.378 e. The Labute approximate surface area is 277 Å². The number of fused-ring (bicyclic) bond motifs is 1. The molecular formula is C35H37N11O2. The minimum absolute atomic E-state index is 0.0479. The second-order valence-electron chi connectivity index (χ2n) is 14.0. The number of amides is 1. The van der Waals surface area contributed by atoms with E-state index in [1.807, 2.05) is 41.2 Å². The molecule has 13 heteroatoms. The van der Waals surface area contributed by atoms with E-state index in [0.717, 1.165) is 59.8 Å². The Bertz CT molecular complexity index is 1970. The van der Waals surface area contributed by atoms with E-state index in [1.54, 1.807) is 6.21 Å². The maximum Gasteiger partial charge on any atom is 0.293 e. The van der Waals surface area contributed by atoms with Crippen LogP contribution in [0.2, 0.25) is 0 Å². The number of anilines is 2. The summed E-state index contributed by atoms with van der Waals surface area (Å²) >= 11 is 0. The molecule has 4 bridgehead atoms. The normalized spacial score (nSPS) is 24.3. The fourth-order valence-corrected chi connectivity index (χ4v) is 9.31. The second kappa shape index (κ2) is 11.4. The third-order valence-corrected chi connectivity index (χ3v) is 10.9. The van der Waals surface area contributed by atoms with Gasteiger partial charge in [-0.3, -0.25) is 4.79 Å². The molecule has 1 amide bonds. The van der Waals surface area contributed by atoms with Crippen molar-refractivity contribution >= 4 is 23.6 Å². The van der Waals surface area contributed by atoms with Gasteiger partial charge >= 0.3 is 0 Å². The lowest BCUT2D eigenvalue weighted by Crippen LogP contribution is -2.49. The van der Waals surface area contributed by atoms with Gasteiger partial charge in [-0.2, -0.15) is 14.9 Å². The number of hydrogen-bond acceptors (Lipinski definition) is 10. The number of carbonyl (C=O) groups is 1. The maximum absolute atomic E-state index is 13.8. The van der Waals surface area contributed by atoms with Crippen LogP contribution < -0.4 is 16.1 Å². The highest BCUT2D eigenvalue weighted by molar-refractivity contribution is 5.94. The van der Waals surface area contributed by atoms with Crippen molar-refractivity contribution in [3.05, 3.63) is 89.0 Å². The number of nitrogen functional groups attached to an aromatic ring is 1. The summed E-state index contributed by atoms with van der Waals surface area (Å²) in [6.45, 7) is 1.16. The Hall–Kier alpha value is -5.33. The van der Waals surface area contributed by atoms with Crippen LogP contribution in [0.15, 0.2) is 70.5 Å². The molecule has 0 spiro atoms. The molecule has 2 aromatic carbocycles.